The summed E-state index contributed by atoms with van der Waals surface area (Å²) in [6.45, 7) is 2.74. The molecule has 0 unspecified atom stereocenters. The maximum Gasteiger partial charge on any atom is 0.261 e. The molecule has 0 spiro atoms. The number of benzene rings is 1. The van der Waals surface area contributed by atoms with Gasteiger partial charge in [-0.05, 0) is 37.3 Å². The number of ether oxygens (including phenoxy) is 2. The first-order valence-electron chi connectivity index (χ1n) is 8.31. The Morgan fingerprint density at radius 2 is 2.00 bits per heavy atom. The fourth-order valence-corrected chi connectivity index (χ4v) is 2.91. The first kappa shape index (κ1) is 16.7. The van der Waals surface area contributed by atoms with E-state index < -0.39 is 6.10 Å². The summed E-state index contributed by atoms with van der Waals surface area (Å²) >= 11 is 0. The summed E-state index contributed by atoms with van der Waals surface area (Å²) in [6, 6.07) is 7.37. The van der Waals surface area contributed by atoms with E-state index in [0.29, 0.717) is 18.1 Å². The number of methoxy groups -OCH3 is 1. The molecule has 1 amide bonds. The maximum absolute atomic E-state index is 12.3. The van der Waals surface area contributed by atoms with Crippen molar-refractivity contribution in [3.05, 3.63) is 24.3 Å². The van der Waals surface area contributed by atoms with E-state index in [1.54, 1.807) is 13.2 Å². The largest absolute Gasteiger partial charge is 0.497 e. The van der Waals surface area contributed by atoms with E-state index in [4.69, 9.17) is 9.47 Å². The summed E-state index contributed by atoms with van der Waals surface area (Å²) in [5.41, 5.74) is 0. The lowest BCUT2D eigenvalue weighted by molar-refractivity contribution is -0.128. The van der Waals surface area contributed by atoms with Crippen LogP contribution in [0.4, 0.5) is 0 Å². The summed E-state index contributed by atoms with van der Waals surface area (Å²) in [5, 5.41) is 3.06. The molecule has 1 aromatic carbocycles. The van der Waals surface area contributed by atoms with Crippen molar-refractivity contribution in [3.8, 4) is 11.5 Å². The number of amides is 1. The summed E-state index contributed by atoms with van der Waals surface area (Å²) in [7, 11) is 1.62. The zero-order valence-electron chi connectivity index (χ0n) is 13.6. The van der Waals surface area contributed by atoms with Gasteiger partial charge in [0.15, 0.2) is 6.10 Å². The van der Waals surface area contributed by atoms with Crippen LogP contribution < -0.4 is 14.8 Å². The molecule has 0 heterocycles. The van der Waals surface area contributed by atoms with Crippen LogP contribution in [0, 0.1) is 5.92 Å². The van der Waals surface area contributed by atoms with Crippen LogP contribution >= 0.6 is 0 Å². The number of nitrogens with one attached hydrogen (secondary N) is 1. The minimum absolute atomic E-state index is 0.0177. The van der Waals surface area contributed by atoms with Crippen molar-refractivity contribution >= 4 is 5.91 Å². The Balaban J connectivity index is 1.85. The highest BCUT2D eigenvalue weighted by molar-refractivity contribution is 5.81. The Morgan fingerprint density at radius 3 is 2.68 bits per heavy atom. The molecule has 2 rings (SSSR count). The van der Waals surface area contributed by atoms with Crippen molar-refractivity contribution in [1.29, 1.82) is 0 Å². The third-order valence-corrected chi connectivity index (χ3v) is 4.27. The molecule has 1 atom stereocenters. The van der Waals surface area contributed by atoms with Crippen LogP contribution in [0.15, 0.2) is 24.3 Å². The first-order valence-corrected chi connectivity index (χ1v) is 8.31. The van der Waals surface area contributed by atoms with Crippen molar-refractivity contribution in [2.45, 2.75) is 51.6 Å². The van der Waals surface area contributed by atoms with E-state index in [2.05, 4.69) is 5.32 Å². The van der Waals surface area contributed by atoms with Crippen molar-refractivity contribution in [2.75, 3.05) is 13.7 Å². The van der Waals surface area contributed by atoms with E-state index >= 15 is 0 Å². The number of carbonyl (C=O) groups is 1. The van der Waals surface area contributed by atoms with Crippen molar-refractivity contribution < 1.29 is 14.3 Å². The van der Waals surface area contributed by atoms with Gasteiger partial charge in [0, 0.05) is 12.6 Å². The fourth-order valence-electron chi connectivity index (χ4n) is 2.91. The Labute approximate surface area is 133 Å². The average Bonchev–Trinajstić information content (AvgIpc) is 2.58. The van der Waals surface area contributed by atoms with Crippen molar-refractivity contribution in [1.82, 2.24) is 5.32 Å². The lowest BCUT2D eigenvalue weighted by atomic mass is 9.89. The predicted molar refractivity (Wildman–Crippen MR) is 87.3 cm³/mol. The first-order chi connectivity index (χ1) is 10.7. The van der Waals surface area contributed by atoms with Gasteiger partial charge in [-0.25, -0.2) is 0 Å². The molecule has 22 heavy (non-hydrogen) atoms. The molecule has 1 saturated carbocycles. The molecule has 4 nitrogen and oxygen atoms in total. The third-order valence-electron chi connectivity index (χ3n) is 4.27. The van der Waals surface area contributed by atoms with Gasteiger partial charge in [-0.15, -0.1) is 0 Å². The molecular weight excluding hydrogens is 278 g/mol. The van der Waals surface area contributed by atoms with E-state index in [1.165, 1.54) is 32.1 Å². The highest BCUT2D eigenvalue weighted by Gasteiger charge is 2.20. The quantitative estimate of drug-likeness (QED) is 0.838. The molecule has 0 saturated heterocycles. The van der Waals surface area contributed by atoms with Gasteiger partial charge in [-0.1, -0.05) is 32.3 Å². The predicted octanol–water partition coefficient (Wildman–Crippen LogP) is 3.55. The smallest absolute Gasteiger partial charge is 0.261 e. The van der Waals surface area contributed by atoms with Crippen LogP contribution in [0.2, 0.25) is 0 Å². The molecule has 4 heteroatoms. The zero-order chi connectivity index (χ0) is 15.8. The number of hydrogen-bond donors (Lipinski definition) is 1. The molecule has 0 aliphatic heterocycles. The molecule has 1 N–H and O–H groups in total. The summed E-state index contributed by atoms with van der Waals surface area (Å²) in [5.74, 6) is 2.01. The summed E-state index contributed by atoms with van der Waals surface area (Å²) in [6.07, 6.45) is 6.57. The van der Waals surface area contributed by atoms with Crippen LogP contribution in [0.25, 0.3) is 0 Å². The zero-order valence-corrected chi connectivity index (χ0v) is 13.6. The third kappa shape index (κ3) is 4.93. The summed E-state index contributed by atoms with van der Waals surface area (Å²) in [4.78, 5) is 12.3. The molecule has 122 valence electrons. The van der Waals surface area contributed by atoms with Crippen LogP contribution in [0.5, 0.6) is 11.5 Å². The van der Waals surface area contributed by atoms with Gasteiger partial charge in [0.1, 0.15) is 11.5 Å². The normalized spacial score (nSPS) is 16.8. The molecule has 1 aliphatic rings. The minimum Gasteiger partial charge on any atom is -0.497 e. The Hall–Kier alpha value is -1.71. The highest BCUT2D eigenvalue weighted by Crippen LogP contribution is 2.23. The van der Waals surface area contributed by atoms with Gasteiger partial charge in [0.05, 0.1) is 7.11 Å². The number of hydrogen-bond acceptors (Lipinski definition) is 3. The fraction of sp³-hybridized carbons (Fsp3) is 0.611. The van der Waals surface area contributed by atoms with E-state index in [9.17, 15) is 4.79 Å². The van der Waals surface area contributed by atoms with Gasteiger partial charge >= 0.3 is 0 Å². The standard InChI is InChI=1S/C18H27NO3/c1-3-17(22-16-11-7-10-15(12-16)21-2)18(20)19-13-14-8-5-4-6-9-14/h7,10-12,14,17H,3-6,8-9,13H2,1-2H3,(H,19,20)/t17-/m1/s1. The lowest BCUT2D eigenvalue weighted by Crippen LogP contribution is -2.40. The Kier molecular flexibility index (Phi) is 6.56. The van der Waals surface area contributed by atoms with Crippen LogP contribution in [0.3, 0.4) is 0 Å². The second kappa shape index (κ2) is 8.66. The maximum atomic E-state index is 12.3. The molecule has 0 radical (unpaired) electrons. The van der Waals surface area contributed by atoms with Crippen molar-refractivity contribution in [2.24, 2.45) is 5.92 Å². The lowest BCUT2D eigenvalue weighted by Gasteiger charge is -2.23. The molecule has 1 aliphatic carbocycles. The monoisotopic (exact) mass is 305 g/mol. The molecular formula is C18H27NO3. The van der Waals surface area contributed by atoms with Crippen LogP contribution in [-0.2, 0) is 4.79 Å². The second-order valence-electron chi connectivity index (χ2n) is 5.94. The summed E-state index contributed by atoms with van der Waals surface area (Å²) < 4.78 is 11.0. The van der Waals surface area contributed by atoms with Crippen LogP contribution in [-0.4, -0.2) is 25.7 Å². The van der Waals surface area contributed by atoms with E-state index in [0.717, 1.165) is 12.3 Å². The topological polar surface area (TPSA) is 47.6 Å². The highest BCUT2D eigenvalue weighted by atomic mass is 16.5. The van der Waals surface area contributed by atoms with Gasteiger partial charge < -0.3 is 14.8 Å². The number of rotatable bonds is 7. The molecule has 1 fully saturated rings. The Bertz CT molecular complexity index is 469. The Morgan fingerprint density at radius 1 is 1.27 bits per heavy atom. The van der Waals surface area contributed by atoms with Gasteiger partial charge in [0.2, 0.25) is 0 Å². The minimum atomic E-state index is -0.448. The van der Waals surface area contributed by atoms with Gasteiger partial charge in [-0.3, -0.25) is 4.79 Å². The van der Waals surface area contributed by atoms with E-state index in [-0.39, 0.29) is 5.91 Å². The van der Waals surface area contributed by atoms with Gasteiger partial charge in [-0.2, -0.15) is 0 Å². The van der Waals surface area contributed by atoms with Crippen LogP contribution in [0.1, 0.15) is 45.4 Å². The molecule has 0 bridgehead atoms. The SMILES string of the molecule is CC[C@@H](Oc1cccc(OC)c1)C(=O)NCC1CCCCC1. The molecule has 1 aromatic rings. The average molecular weight is 305 g/mol. The van der Waals surface area contributed by atoms with Crippen molar-refractivity contribution in [3.63, 3.8) is 0 Å². The van der Waals surface area contributed by atoms with Gasteiger partial charge in [0.25, 0.3) is 5.91 Å². The second-order valence-corrected chi connectivity index (χ2v) is 5.94. The number of carbonyl (C=O) groups excluding carboxylic acids is 1. The van der Waals surface area contributed by atoms with E-state index in [1.807, 2.05) is 25.1 Å². The molecule has 0 aromatic heterocycles.